The quantitative estimate of drug-likeness (QED) is 0.721. The van der Waals surface area contributed by atoms with Crippen LogP contribution >= 0.6 is 0 Å². The van der Waals surface area contributed by atoms with E-state index in [2.05, 4.69) is 53.6 Å². The molecule has 2 aromatic carbocycles. The van der Waals surface area contributed by atoms with Gasteiger partial charge in [-0.25, -0.2) is 0 Å². The summed E-state index contributed by atoms with van der Waals surface area (Å²) in [7, 11) is 0. The van der Waals surface area contributed by atoms with Crippen LogP contribution in [0.4, 0.5) is 6.01 Å². The number of benzene rings is 2. The second-order valence-corrected chi connectivity index (χ2v) is 6.79. The standard InChI is InChI=1S/C21H23N3O2/c1-14(2)18-9-7-16(8-10-18)13-20-23-24-21(26-20)22-19(25)12-17-6-4-5-15(3)11-17/h4-11,14H,12-13H2,1-3H3,(H,22,24,25). The lowest BCUT2D eigenvalue weighted by atomic mass is 10.0. The molecule has 0 aliphatic carbocycles. The van der Waals surface area contributed by atoms with Crippen molar-refractivity contribution in [2.24, 2.45) is 0 Å². The van der Waals surface area contributed by atoms with E-state index in [1.54, 1.807) is 0 Å². The van der Waals surface area contributed by atoms with Crippen molar-refractivity contribution in [2.75, 3.05) is 5.32 Å². The van der Waals surface area contributed by atoms with Crippen LogP contribution in [-0.2, 0) is 17.6 Å². The number of amides is 1. The van der Waals surface area contributed by atoms with Gasteiger partial charge in [0.25, 0.3) is 0 Å². The van der Waals surface area contributed by atoms with Crippen molar-refractivity contribution >= 4 is 11.9 Å². The molecule has 5 heteroatoms. The Hall–Kier alpha value is -2.95. The fraction of sp³-hybridized carbons (Fsp3) is 0.286. The molecular weight excluding hydrogens is 326 g/mol. The van der Waals surface area contributed by atoms with Crippen LogP contribution in [0.5, 0.6) is 0 Å². The van der Waals surface area contributed by atoms with Gasteiger partial charge in [0, 0.05) is 0 Å². The summed E-state index contributed by atoms with van der Waals surface area (Å²) >= 11 is 0. The number of hydrogen-bond acceptors (Lipinski definition) is 4. The third-order valence-corrected chi connectivity index (χ3v) is 4.16. The van der Waals surface area contributed by atoms with Crippen molar-refractivity contribution in [2.45, 2.75) is 39.5 Å². The van der Waals surface area contributed by atoms with Gasteiger partial charge in [0.2, 0.25) is 11.8 Å². The normalized spacial score (nSPS) is 10.9. The van der Waals surface area contributed by atoms with E-state index in [0.29, 0.717) is 18.2 Å². The first-order valence-corrected chi connectivity index (χ1v) is 8.76. The van der Waals surface area contributed by atoms with E-state index in [0.717, 1.165) is 16.7 Å². The fourth-order valence-electron chi connectivity index (χ4n) is 2.74. The Morgan fingerprint density at radius 2 is 1.85 bits per heavy atom. The van der Waals surface area contributed by atoms with E-state index in [1.165, 1.54) is 5.56 Å². The maximum atomic E-state index is 12.1. The summed E-state index contributed by atoms with van der Waals surface area (Å²) in [6.45, 7) is 6.33. The Labute approximate surface area is 153 Å². The number of aryl methyl sites for hydroxylation is 1. The van der Waals surface area contributed by atoms with Crippen LogP contribution in [0.25, 0.3) is 0 Å². The van der Waals surface area contributed by atoms with Crippen LogP contribution in [0.15, 0.2) is 52.9 Å². The molecule has 26 heavy (non-hydrogen) atoms. The lowest BCUT2D eigenvalue weighted by Gasteiger charge is -2.05. The Morgan fingerprint density at radius 3 is 2.54 bits per heavy atom. The summed E-state index contributed by atoms with van der Waals surface area (Å²) in [5, 5.41) is 10.6. The number of rotatable bonds is 6. The zero-order chi connectivity index (χ0) is 18.5. The molecule has 0 unspecified atom stereocenters. The molecule has 1 amide bonds. The van der Waals surface area contributed by atoms with Crippen LogP contribution in [0, 0.1) is 6.92 Å². The highest BCUT2D eigenvalue weighted by atomic mass is 16.4. The van der Waals surface area contributed by atoms with Crippen LogP contribution in [-0.4, -0.2) is 16.1 Å². The summed E-state index contributed by atoms with van der Waals surface area (Å²) in [6.07, 6.45) is 0.815. The maximum Gasteiger partial charge on any atom is 0.322 e. The first kappa shape index (κ1) is 17.9. The molecule has 3 rings (SSSR count). The van der Waals surface area contributed by atoms with Gasteiger partial charge in [0.15, 0.2) is 0 Å². The predicted molar refractivity (Wildman–Crippen MR) is 101 cm³/mol. The second kappa shape index (κ2) is 7.95. The molecule has 0 spiro atoms. The molecule has 3 aromatic rings. The Kier molecular flexibility index (Phi) is 5.46. The average Bonchev–Trinajstić information content (AvgIpc) is 3.02. The van der Waals surface area contributed by atoms with Crippen LogP contribution < -0.4 is 5.32 Å². The van der Waals surface area contributed by atoms with Crippen LogP contribution in [0.2, 0.25) is 0 Å². The van der Waals surface area contributed by atoms with Crippen molar-refractivity contribution in [3.05, 3.63) is 76.7 Å². The largest absolute Gasteiger partial charge is 0.407 e. The monoisotopic (exact) mass is 349 g/mol. The molecular formula is C21H23N3O2. The summed E-state index contributed by atoms with van der Waals surface area (Å²) in [4.78, 5) is 12.1. The van der Waals surface area contributed by atoms with Crippen molar-refractivity contribution in [3.8, 4) is 0 Å². The molecule has 0 saturated carbocycles. The molecule has 5 nitrogen and oxygen atoms in total. The van der Waals surface area contributed by atoms with Crippen molar-refractivity contribution in [1.82, 2.24) is 10.2 Å². The van der Waals surface area contributed by atoms with E-state index in [1.807, 2.05) is 31.2 Å². The summed E-state index contributed by atoms with van der Waals surface area (Å²) in [5.41, 5.74) is 4.46. The topological polar surface area (TPSA) is 68.0 Å². The Bertz CT molecular complexity index is 882. The Balaban J connectivity index is 1.58. The van der Waals surface area contributed by atoms with Gasteiger partial charge < -0.3 is 4.42 Å². The zero-order valence-corrected chi connectivity index (χ0v) is 15.3. The molecule has 0 bridgehead atoms. The number of nitrogens with one attached hydrogen (secondary N) is 1. The molecule has 134 valence electrons. The number of aromatic nitrogens is 2. The lowest BCUT2D eigenvalue weighted by Crippen LogP contribution is -2.14. The van der Waals surface area contributed by atoms with Gasteiger partial charge >= 0.3 is 6.01 Å². The number of carbonyl (C=O) groups excluding carboxylic acids is 1. The van der Waals surface area contributed by atoms with Gasteiger partial charge in [-0.15, -0.1) is 5.10 Å². The Morgan fingerprint density at radius 1 is 1.08 bits per heavy atom. The van der Waals surface area contributed by atoms with E-state index < -0.39 is 0 Å². The predicted octanol–water partition coefficient (Wildman–Crippen LogP) is 4.27. The fourth-order valence-corrected chi connectivity index (χ4v) is 2.74. The molecule has 0 aliphatic rings. The lowest BCUT2D eigenvalue weighted by molar-refractivity contribution is -0.115. The number of hydrogen-bond donors (Lipinski definition) is 1. The smallest absolute Gasteiger partial charge is 0.322 e. The SMILES string of the molecule is Cc1cccc(CC(=O)Nc2nnc(Cc3ccc(C(C)C)cc3)o2)c1. The summed E-state index contributed by atoms with van der Waals surface area (Å²) in [6, 6.07) is 16.3. The van der Waals surface area contributed by atoms with Crippen molar-refractivity contribution < 1.29 is 9.21 Å². The van der Waals surface area contributed by atoms with E-state index in [4.69, 9.17) is 4.42 Å². The third kappa shape index (κ3) is 4.79. The molecule has 0 fully saturated rings. The highest BCUT2D eigenvalue weighted by Gasteiger charge is 2.11. The molecule has 0 atom stereocenters. The van der Waals surface area contributed by atoms with E-state index in [9.17, 15) is 4.79 Å². The van der Waals surface area contributed by atoms with Gasteiger partial charge in [-0.3, -0.25) is 10.1 Å². The number of carbonyl (C=O) groups is 1. The second-order valence-electron chi connectivity index (χ2n) is 6.79. The zero-order valence-electron chi connectivity index (χ0n) is 15.3. The minimum atomic E-state index is -0.174. The average molecular weight is 349 g/mol. The highest BCUT2D eigenvalue weighted by molar-refractivity contribution is 5.90. The van der Waals surface area contributed by atoms with Crippen molar-refractivity contribution in [1.29, 1.82) is 0 Å². The minimum absolute atomic E-state index is 0.136. The molecule has 1 aromatic heterocycles. The third-order valence-electron chi connectivity index (χ3n) is 4.16. The summed E-state index contributed by atoms with van der Waals surface area (Å²) < 4.78 is 5.54. The first-order chi connectivity index (χ1) is 12.5. The highest BCUT2D eigenvalue weighted by Crippen LogP contribution is 2.17. The van der Waals surface area contributed by atoms with Crippen molar-refractivity contribution in [3.63, 3.8) is 0 Å². The number of anilines is 1. The molecule has 0 aliphatic heterocycles. The van der Waals surface area contributed by atoms with Gasteiger partial charge in [0.05, 0.1) is 12.8 Å². The van der Waals surface area contributed by atoms with Gasteiger partial charge in [-0.1, -0.05) is 73.0 Å². The van der Waals surface area contributed by atoms with E-state index >= 15 is 0 Å². The van der Waals surface area contributed by atoms with Gasteiger partial charge in [-0.2, -0.15) is 0 Å². The summed E-state index contributed by atoms with van der Waals surface area (Å²) in [5.74, 6) is 0.808. The van der Waals surface area contributed by atoms with E-state index in [-0.39, 0.29) is 18.3 Å². The molecule has 0 radical (unpaired) electrons. The number of nitrogens with zero attached hydrogens (tertiary/aromatic N) is 2. The van der Waals surface area contributed by atoms with Gasteiger partial charge in [-0.05, 0) is 29.5 Å². The van der Waals surface area contributed by atoms with Gasteiger partial charge in [0.1, 0.15) is 0 Å². The maximum absolute atomic E-state index is 12.1. The van der Waals surface area contributed by atoms with Crippen LogP contribution in [0.3, 0.4) is 0 Å². The molecule has 1 heterocycles. The molecule has 0 saturated heterocycles. The molecule has 1 N–H and O–H groups in total. The minimum Gasteiger partial charge on any atom is -0.407 e. The first-order valence-electron chi connectivity index (χ1n) is 8.76. The van der Waals surface area contributed by atoms with Crippen LogP contribution in [0.1, 0.15) is 47.9 Å².